The molecule has 3 unspecified atom stereocenters. The minimum Gasteiger partial charge on any atom is -0.441 e. The quantitative estimate of drug-likeness (QED) is 0.915. The highest BCUT2D eigenvalue weighted by Gasteiger charge is 2.71. The lowest BCUT2D eigenvalue weighted by molar-refractivity contribution is 0.0963. The van der Waals surface area contributed by atoms with Gasteiger partial charge in [0.05, 0.1) is 35.3 Å². The van der Waals surface area contributed by atoms with Crippen molar-refractivity contribution in [2.24, 2.45) is 0 Å². The molecule has 5 rings (SSSR count). The summed E-state index contributed by atoms with van der Waals surface area (Å²) in [4.78, 5) is 15.4. The molecule has 0 radical (unpaired) electrons. The molecule has 4 fully saturated rings. The van der Waals surface area contributed by atoms with Crippen LogP contribution in [0.3, 0.4) is 0 Å². The van der Waals surface area contributed by atoms with Crippen molar-refractivity contribution in [3.8, 4) is 0 Å². The minimum atomic E-state index is -0.539. The molecular formula is C16H17FN2O3S. The molecule has 1 aromatic carbocycles. The largest absolute Gasteiger partial charge is 0.441 e. The number of halogens is 1. The van der Waals surface area contributed by atoms with Crippen molar-refractivity contribution in [1.82, 2.24) is 0 Å². The van der Waals surface area contributed by atoms with Crippen molar-refractivity contribution in [2.45, 2.75) is 35.8 Å². The third kappa shape index (κ3) is 1.64. The summed E-state index contributed by atoms with van der Waals surface area (Å²) in [5, 5.41) is 9.09. The fourth-order valence-electron chi connectivity index (χ4n) is 4.35. The molecule has 0 bridgehead atoms. The molecule has 4 aliphatic rings. The Morgan fingerprint density at radius 1 is 1.43 bits per heavy atom. The van der Waals surface area contributed by atoms with Gasteiger partial charge in [-0.1, -0.05) is 0 Å². The molecule has 4 atom stereocenters. The van der Waals surface area contributed by atoms with Crippen LogP contribution < -0.4 is 9.80 Å². The van der Waals surface area contributed by atoms with Gasteiger partial charge in [-0.05, 0) is 31.0 Å². The first-order valence-corrected chi connectivity index (χ1v) is 8.93. The summed E-state index contributed by atoms with van der Waals surface area (Å²) in [5.41, 5.74) is 1.13. The van der Waals surface area contributed by atoms with E-state index in [1.165, 1.54) is 17.4 Å². The van der Waals surface area contributed by atoms with Gasteiger partial charge in [-0.3, -0.25) is 4.90 Å². The van der Waals surface area contributed by atoms with Crippen molar-refractivity contribution < 1.29 is 19.0 Å². The van der Waals surface area contributed by atoms with Gasteiger partial charge in [-0.25, -0.2) is 9.18 Å². The molecule has 1 aliphatic carbocycles. The highest BCUT2D eigenvalue weighted by atomic mass is 32.2. The topological polar surface area (TPSA) is 53.0 Å². The lowest BCUT2D eigenvalue weighted by Gasteiger charge is -2.76. The van der Waals surface area contributed by atoms with Gasteiger partial charge in [0.1, 0.15) is 11.9 Å². The van der Waals surface area contributed by atoms with E-state index in [9.17, 15) is 9.18 Å². The number of hydrogen-bond donors (Lipinski definition) is 1. The molecule has 23 heavy (non-hydrogen) atoms. The molecular weight excluding hydrogens is 319 g/mol. The number of aliphatic hydroxyl groups is 1. The SMILES string of the molecule is O=C1O[C@@H](CO)CN1c1ccc(N2C3CCC34SCC24)c(F)c1. The lowest BCUT2D eigenvalue weighted by atomic mass is 9.63. The fourth-order valence-corrected chi connectivity index (χ4v) is 6.05. The minimum absolute atomic E-state index is 0.223. The van der Waals surface area contributed by atoms with Gasteiger partial charge in [0, 0.05) is 11.8 Å². The smallest absolute Gasteiger partial charge is 0.414 e. The van der Waals surface area contributed by atoms with Gasteiger partial charge in [-0.15, -0.1) is 11.8 Å². The number of hydrogen-bond acceptors (Lipinski definition) is 5. The van der Waals surface area contributed by atoms with E-state index in [0.717, 1.165) is 12.2 Å². The molecule has 1 aromatic rings. The van der Waals surface area contributed by atoms with Crippen molar-refractivity contribution in [2.75, 3.05) is 28.7 Å². The van der Waals surface area contributed by atoms with Crippen molar-refractivity contribution in [3.63, 3.8) is 0 Å². The third-order valence-corrected chi connectivity index (χ3v) is 7.49. The van der Waals surface area contributed by atoms with E-state index in [4.69, 9.17) is 9.84 Å². The molecule has 3 aliphatic heterocycles. The van der Waals surface area contributed by atoms with E-state index >= 15 is 0 Å². The summed E-state index contributed by atoms with van der Waals surface area (Å²) in [7, 11) is 0. The number of rotatable bonds is 3. The Kier molecular flexibility index (Phi) is 2.75. The lowest BCUT2D eigenvalue weighted by Crippen LogP contribution is -2.86. The Morgan fingerprint density at radius 3 is 2.83 bits per heavy atom. The Balaban J connectivity index is 1.40. The highest BCUT2D eigenvalue weighted by Crippen LogP contribution is 2.67. The first-order valence-electron chi connectivity index (χ1n) is 7.95. The van der Waals surface area contributed by atoms with E-state index in [-0.39, 0.29) is 19.0 Å². The van der Waals surface area contributed by atoms with Crippen LogP contribution in [0.4, 0.5) is 20.6 Å². The van der Waals surface area contributed by atoms with Crippen LogP contribution in [0.15, 0.2) is 18.2 Å². The predicted molar refractivity (Wildman–Crippen MR) is 85.6 cm³/mol. The first-order chi connectivity index (χ1) is 11.1. The summed E-state index contributed by atoms with van der Waals surface area (Å²) in [6.45, 7) is 0.0303. The number of aliphatic hydroxyl groups excluding tert-OH is 1. The van der Waals surface area contributed by atoms with Gasteiger partial charge in [0.15, 0.2) is 0 Å². The summed E-state index contributed by atoms with van der Waals surface area (Å²) in [6.07, 6.45) is 1.32. The number of carbonyl (C=O) groups excluding carboxylic acids is 1. The molecule has 1 saturated carbocycles. The Labute approximate surface area is 137 Å². The second-order valence-electron chi connectivity index (χ2n) is 6.68. The van der Waals surface area contributed by atoms with Crippen LogP contribution in [0.25, 0.3) is 0 Å². The van der Waals surface area contributed by atoms with Crippen LogP contribution in [-0.2, 0) is 4.74 Å². The second-order valence-corrected chi connectivity index (χ2v) is 8.06. The number of ether oxygens (including phenoxy) is 1. The second kappa shape index (κ2) is 4.54. The summed E-state index contributed by atoms with van der Waals surface area (Å²) >= 11 is 2.03. The highest BCUT2D eigenvalue weighted by molar-refractivity contribution is 8.02. The molecule has 1 N–H and O–H groups in total. The van der Waals surface area contributed by atoms with E-state index in [2.05, 4.69) is 4.90 Å². The number of benzene rings is 1. The number of nitrogens with zero attached hydrogens (tertiary/aromatic N) is 2. The van der Waals surface area contributed by atoms with Crippen LogP contribution in [0.2, 0.25) is 0 Å². The van der Waals surface area contributed by atoms with Crippen LogP contribution in [0.5, 0.6) is 0 Å². The Hall–Kier alpha value is -1.47. The van der Waals surface area contributed by atoms with Crippen molar-refractivity contribution >= 4 is 29.2 Å². The number of cyclic esters (lactones) is 1. The summed E-state index contributed by atoms with van der Waals surface area (Å²) < 4.78 is 20.1. The van der Waals surface area contributed by atoms with E-state index in [0.29, 0.717) is 28.2 Å². The molecule has 1 amide bonds. The average molecular weight is 336 g/mol. The Bertz CT molecular complexity index is 682. The molecule has 7 heteroatoms. The normalized spacial score (nSPS) is 37.3. The number of piperidine rings is 1. The fraction of sp³-hybridized carbons (Fsp3) is 0.562. The standard InChI is InChI=1S/C16H17FN2O3S/c17-11-5-9(18-6-10(7-20)22-15(18)21)1-2-12(11)19-13-3-4-16(13)14(19)8-23-16/h1-2,5,10,13-14,20H,3-4,6-8H2/t10-,13?,14?,16?/m1/s1. The van der Waals surface area contributed by atoms with Crippen LogP contribution in [-0.4, -0.2) is 53.0 Å². The zero-order valence-corrected chi connectivity index (χ0v) is 13.3. The van der Waals surface area contributed by atoms with Crippen molar-refractivity contribution in [3.05, 3.63) is 24.0 Å². The van der Waals surface area contributed by atoms with Gasteiger partial charge in [-0.2, -0.15) is 0 Å². The number of anilines is 2. The predicted octanol–water partition coefficient (Wildman–Crippen LogP) is 1.98. The van der Waals surface area contributed by atoms with Crippen LogP contribution in [0.1, 0.15) is 12.8 Å². The molecule has 122 valence electrons. The van der Waals surface area contributed by atoms with Crippen LogP contribution >= 0.6 is 11.8 Å². The average Bonchev–Trinajstić information content (AvgIpc) is 2.85. The maximum absolute atomic E-state index is 14.7. The maximum atomic E-state index is 14.7. The van der Waals surface area contributed by atoms with E-state index in [1.807, 2.05) is 11.8 Å². The molecule has 5 nitrogen and oxygen atoms in total. The van der Waals surface area contributed by atoms with Gasteiger partial charge < -0.3 is 14.7 Å². The maximum Gasteiger partial charge on any atom is 0.414 e. The zero-order valence-electron chi connectivity index (χ0n) is 12.4. The summed E-state index contributed by atoms with van der Waals surface area (Å²) in [6, 6.07) is 5.89. The Morgan fingerprint density at radius 2 is 2.30 bits per heavy atom. The van der Waals surface area contributed by atoms with Crippen LogP contribution in [0, 0.1) is 5.82 Å². The monoisotopic (exact) mass is 336 g/mol. The van der Waals surface area contributed by atoms with E-state index in [1.54, 1.807) is 12.1 Å². The number of thioether (sulfide) groups is 1. The van der Waals surface area contributed by atoms with Gasteiger partial charge in [0.2, 0.25) is 0 Å². The molecule has 0 aromatic heterocycles. The first kappa shape index (κ1) is 13.9. The molecule has 3 heterocycles. The summed E-state index contributed by atoms with van der Waals surface area (Å²) in [5.74, 6) is 0.786. The van der Waals surface area contributed by atoms with Gasteiger partial charge in [0.25, 0.3) is 0 Å². The molecule has 3 saturated heterocycles. The zero-order chi connectivity index (χ0) is 15.8. The van der Waals surface area contributed by atoms with E-state index < -0.39 is 12.2 Å². The van der Waals surface area contributed by atoms with Gasteiger partial charge >= 0.3 is 6.09 Å². The number of carbonyl (C=O) groups is 1. The number of amides is 1. The third-order valence-electron chi connectivity index (χ3n) is 5.72. The molecule has 1 spiro atoms. The van der Waals surface area contributed by atoms with Crippen molar-refractivity contribution in [1.29, 1.82) is 0 Å².